The van der Waals surface area contributed by atoms with Crippen molar-refractivity contribution in [3.63, 3.8) is 0 Å². The Morgan fingerprint density at radius 3 is 2.62 bits per heavy atom. The summed E-state index contributed by atoms with van der Waals surface area (Å²) in [5.41, 5.74) is 2.57. The van der Waals surface area contributed by atoms with Gasteiger partial charge in [-0.3, -0.25) is 9.36 Å². The largest absolute Gasteiger partial charge is 0.493 e. The summed E-state index contributed by atoms with van der Waals surface area (Å²) >= 11 is 1.16. The molecule has 10 heteroatoms. The second-order valence-corrected chi connectivity index (χ2v) is 10.3. The molecule has 1 atom stereocenters. The van der Waals surface area contributed by atoms with Gasteiger partial charge in [-0.25, -0.2) is 14.2 Å². The van der Waals surface area contributed by atoms with E-state index in [0.717, 1.165) is 11.3 Å². The maximum absolute atomic E-state index is 14.0. The lowest BCUT2D eigenvalue weighted by molar-refractivity contribution is -0.139. The molecule has 0 radical (unpaired) electrons. The molecule has 1 aliphatic heterocycles. The van der Waals surface area contributed by atoms with Crippen molar-refractivity contribution in [2.24, 2.45) is 4.99 Å². The maximum Gasteiger partial charge on any atom is 0.338 e. The van der Waals surface area contributed by atoms with Crippen molar-refractivity contribution in [2.45, 2.75) is 26.5 Å². The smallest absolute Gasteiger partial charge is 0.338 e. The first-order valence-corrected chi connectivity index (χ1v) is 13.9. The Morgan fingerprint density at radius 2 is 1.90 bits per heavy atom. The second kappa shape index (κ2) is 12.2. The number of carbonyl (C=O) groups excluding carboxylic acids is 1. The first-order chi connectivity index (χ1) is 20.4. The van der Waals surface area contributed by atoms with Gasteiger partial charge >= 0.3 is 5.97 Å². The predicted molar refractivity (Wildman–Crippen MR) is 155 cm³/mol. The van der Waals surface area contributed by atoms with Gasteiger partial charge in [-0.1, -0.05) is 53.8 Å². The molecule has 0 unspecified atom stereocenters. The molecule has 0 aliphatic carbocycles. The van der Waals surface area contributed by atoms with Gasteiger partial charge in [-0.2, -0.15) is 5.26 Å². The van der Waals surface area contributed by atoms with E-state index < -0.39 is 17.8 Å². The lowest BCUT2D eigenvalue weighted by atomic mass is 9.96. The summed E-state index contributed by atoms with van der Waals surface area (Å²) in [6.45, 7) is 3.64. The molecular weight excluding hydrogens is 557 g/mol. The Hall–Kier alpha value is -5.01. The summed E-state index contributed by atoms with van der Waals surface area (Å²) in [5.74, 6) is -0.177. The fourth-order valence-electron chi connectivity index (χ4n) is 4.76. The van der Waals surface area contributed by atoms with Crippen LogP contribution < -0.4 is 24.4 Å². The number of allylic oxidation sites excluding steroid dienone is 1. The number of benzene rings is 3. The van der Waals surface area contributed by atoms with Crippen LogP contribution in [0.5, 0.6) is 11.5 Å². The summed E-state index contributed by atoms with van der Waals surface area (Å²) in [6.07, 6.45) is 1.68. The third-order valence-corrected chi connectivity index (χ3v) is 7.71. The van der Waals surface area contributed by atoms with Gasteiger partial charge in [0.15, 0.2) is 16.3 Å². The zero-order valence-corrected chi connectivity index (χ0v) is 23.9. The first kappa shape index (κ1) is 28.5. The molecular formula is C32H26FN3O5S. The molecule has 212 valence electrons. The van der Waals surface area contributed by atoms with Crippen molar-refractivity contribution in [2.75, 3.05) is 13.7 Å². The molecule has 1 aliphatic rings. The van der Waals surface area contributed by atoms with Crippen molar-refractivity contribution in [3.05, 3.63) is 126 Å². The van der Waals surface area contributed by atoms with E-state index in [4.69, 9.17) is 14.2 Å². The van der Waals surface area contributed by atoms with Crippen LogP contribution in [-0.2, 0) is 16.1 Å². The number of nitrogens with zero attached hydrogens (tertiary/aromatic N) is 3. The Kier molecular flexibility index (Phi) is 8.31. The van der Waals surface area contributed by atoms with E-state index in [0.29, 0.717) is 48.8 Å². The Bertz CT molecular complexity index is 1920. The van der Waals surface area contributed by atoms with Gasteiger partial charge in [0, 0.05) is 11.1 Å². The van der Waals surface area contributed by atoms with Crippen LogP contribution in [0, 0.1) is 17.1 Å². The lowest BCUT2D eigenvalue weighted by Crippen LogP contribution is -2.39. The molecule has 0 saturated heterocycles. The van der Waals surface area contributed by atoms with Crippen LogP contribution in [0.15, 0.2) is 87.8 Å². The van der Waals surface area contributed by atoms with Crippen LogP contribution in [0.3, 0.4) is 0 Å². The number of carbonyl (C=O) groups is 1. The number of hydrogen-bond donors (Lipinski definition) is 0. The first-order valence-electron chi connectivity index (χ1n) is 13.1. The van der Waals surface area contributed by atoms with Crippen molar-refractivity contribution in [1.29, 1.82) is 5.26 Å². The second-order valence-electron chi connectivity index (χ2n) is 9.29. The summed E-state index contributed by atoms with van der Waals surface area (Å²) in [5, 5.41) is 9.46. The number of ether oxygens (including phenoxy) is 3. The molecule has 0 bridgehead atoms. The van der Waals surface area contributed by atoms with Crippen LogP contribution >= 0.6 is 11.3 Å². The minimum absolute atomic E-state index is 0.110. The molecule has 0 saturated carbocycles. The van der Waals surface area contributed by atoms with Crippen molar-refractivity contribution >= 4 is 23.4 Å². The molecule has 0 spiro atoms. The van der Waals surface area contributed by atoms with Gasteiger partial charge in [-0.15, -0.1) is 0 Å². The number of nitriles is 1. The summed E-state index contributed by atoms with van der Waals surface area (Å²) in [4.78, 5) is 32.0. The Morgan fingerprint density at radius 1 is 1.14 bits per heavy atom. The normalized spacial score (nSPS) is 14.5. The number of fused-ring (bicyclic) bond motifs is 1. The molecule has 3 aromatic carbocycles. The topological polar surface area (TPSA) is 103 Å². The molecule has 1 aromatic heterocycles. The standard InChI is InChI=1S/C32H26FN3O5S/c1-4-40-31(38)27-19(2)35-32-36(28(27)20-12-14-24(33)15-13-20)30(37)26(42-32)16-21-10-7-11-25(39-3)29(21)41-18-23-9-6-5-8-22(23)17-34/h5-16,28H,4,18H2,1-3H3/b26-16-/t28-/m0/s1. The Labute approximate surface area is 244 Å². The average molecular weight is 584 g/mol. The van der Waals surface area contributed by atoms with Crippen molar-refractivity contribution in [1.82, 2.24) is 4.57 Å². The monoisotopic (exact) mass is 583 g/mol. The highest BCUT2D eigenvalue weighted by Crippen LogP contribution is 2.33. The van der Waals surface area contributed by atoms with Gasteiger partial charge in [0.2, 0.25) is 0 Å². The van der Waals surface area contributed by atoms with Gasteiger partial charge in [0.1, 0.15) is 12.4 Å². The van der Waals surface area contributed by atoms with Crippen LogP contribution in [0.2, 0.25) is 0 Å². The van der Waals surface area contributed by atoms with E-state index in [1.807, 2.05) is 12.1 Å². The summed E-state index contributed by atoms with van der Waals surface area (Å²) < 4.78 is 32.6. The van der Waals surface area contributed by atoms with E-state index in [-0.39, 0.29) is 24.3 Å². The number of hydrogen-bond acceptors (Lipinski definition) is 8. The quantitative estimate of drug-likeness (QED) is 0.285. The molecule has 0 fully saturated rings. The molecule has 2 heterocycles. The van der Waals surface area contributed by atoms with Crippen molar-refractivity contribution < 1.29 is 23.4 Å². The lowest BCUT2D eigenvalue weighted by Gasteiger charge is -2.24. The van der Waals surface area contributed by atoms with Gasteiger partial charge < -0.3 is 14.2 Å². The fraction of sp³-hybridized carbons (Fsp3) is 0.188. The van der Waals surface area contributed by atoms with E-state index in [9.17, 15) is 19.2 Å². The van der Waals surface area contributed by atoms with E-state index in [1.165, 1.54) is 23.8 Å². The molecule has 4 aromatic rings. The molecule has 8 nitrogen and oxygen atoms in total. The zero-order chi connectivity index (χ0) is 29.8. The molecule has 42 heavy (non-hydrogen) atoms. The SMILES string of the molecule is CCOC(=O)C1=C(C)N=c2s/c(=C\c3cccc(OC)c3OCc3ccccc3C#N)c(=O)n2[C@H]1c1ccc(F)cc1. The number of esters is 1. The van der Waals surface area contributed by atoms with E-state index >= 15 is 0 Å². The highest BCUT2D eigenvalue weighted by molar-refractivity contribution is 7.07. The number of para-hydroxylation sites is 1. The summed E-state index contributed by atoms with van der Waals surface area (Å²) in [6, 6.07) is 19.4. The number of halogens is 1. The maximum atomic E-state index is 14.0. The zero-order valence-electron chi connectivity index (χ0n) is 23.1. The van der Waals surface area contributed by atoms with Crippen LogP contribution in [-0.4, -0.2) is 24.3 Å². The number of aromatic nitrogens is 1. The highest BCUT2D eigenvalue weighted by atomic mass is 32.1. The number of rotatable bonds is 8. The van der Waals surface area contributed by atoms with E-state index in [1.54, 1.807) is 62.4 Å². The van der Waals surface area contributed by atoms with Gasteiger partial charge in [0.25, 0.3) is 5.56 Å². The predicted octanol–water partition coefficient (Wildman–Crippen LogP) is 4.40. The summed E-state index contributed by atoms with van der Waals surface area (Å²) in [7, 11) is 1.52. The number of methoxy groups -OCH3 is 1. The molecule has 0 N–H and O–H groups in total. The minimum atomic E-state index is -0.855. The number of thiazole rings is 1. The van der Waals surface area contributed by atoms with Crippen LogP contribution in [0.1, 0.15) is 42.1 Å². The van der Waals surface area contributed by atoms with E-state index in [2.05, 4.69) is 11.1 Å². The van der Waals surface area contributed by atoms with Crippen LogP contribution in [0.4, 0.5) is 4.39 Å². The van der Waals surface area contributed by atoms with Gasteiger partial charge in [-0.05, 0) is 49.8 Å². The Balaban J connectivity index is 1.64. The highest BCUT2D eigenvalue weighted by Gasteiger charge is 2.33. The van der Waals surface area contributed by atoms with Gasteiger partial charge in [0.05, 0.1) is 47.2 Å². The molecule has 5 rings (SSSR count). The third kappa shape index (κ3) is 5.47. The fourth-order valence-corrected chi connectivity index (χ4v) is 5.80. The van der Waals surface area contributed by atoms with Crippen LogP contribution in [0.25, 0.3) is 6.08 Å². The van der Waals surface area contributed by atoms with Crippen molar-refractivity contribution in [3.8, 4) is 17.6 Å². The average Bonchev–Trinajstić information content (AvgIpc) is 3.30. The third-order valence-electron chi connectivity index (χ3n) is 6.73. The molecule has 0 amide bonds. The minimum Gasteiger partial charge on any atom is -0.493 e.